The van der Waals surface area contributed by atoms with E-state index in [9.17, 15) is 0 Å². The highest BCUT2D eigenvalue weighted by atomic mass is 15.2. The lowest BCUT2D eigenvalue weighted by Gasteiger charge is -2.26. The van der Waals surface area contributed by atoms with E-state index < -0.39 is 0 Å². The van der Waals surface area contributed by atoms with E-state index in [0.29, 0.717) is 0 Å². The van der Waals surface area contributed by atoms with Gasteiger partial charge in [-0.1, -0.05) is 0 Å². The third-order valence-electron chi connectivity index (χ3n) is 2.68. The van der Waals surface area contributed by atoms with Crippen LogP contribution >= 0.6 is 0 Å². The maximum Gasteiger partial charge on any atom is 0.0522 e. The molecule has 78 valence electrons. The second kappa shape index (κ2) is 4.57. The van der Waals surface area contributed by atoms with Gasteiger partial charge in [0.15, 0.2) is 0 Å². The molecule has 1 aliphatic heterocycles. The standard InChI is InChI=1S/C10H18N4/c1-13-9-10(8-12-13)2-5-14-6-3-11-4-7-14/h8-9,11H,2-7H2,1H3. The van der Waals surface area contributed by atoms with E-state index in [1.54, 1.807) is 0 Å². The maximum absolute atomic E-state index is 4.17. The first-order valence-electron chi connectivity index (χ1n) is 5.25. The topological polar surface area (TPSA) is 33.1 Å². The van der Waals surface area contributed by atoms with Crippen LogP contribution in [0.25, 0.3) is 0 Å². The van der Waals surface area contributed by atoms with Crippen LogP contribution in [0, 0.1) is 0 Å². The van der Waals surface area contributed by atoms with Crippen LogP contribution in [0.3, 0.4) is 0 Å². The zero-order valence-electron chi connectivity index (χ0n) is 8.74. The molecule has 4 heteroatoms. The Balaban J connectivity index is 1.76. The summed E-state index contributed by atoms with van der Waals surface area (Å²) in [5.41, 5.74) is 1.34. The number of aromatic nitrogens is 2. The molecule has 0 amide bonds. The first kappa shape index (κ1) is 9.68. The average Bonchev–Trinajstić information content (AvgIpc) is 2.63. The molecule has 0 spiro atoms. The van der Waals surface area contributed by atoms with E-state index in [1.165, 1.54) is 18.7 Å². The van der Waals surface area contributed by atoms with Crippen molar-refractivity contribution in [1.82, 2.24) is 20.0 Å². The molecule has 0 aliphatic carbocycles. The Morgan fingerprint density at radius 3 is 2.86 bits per heavy atom. The van der Waals surface area contributed by atoms with Gasteiger partial charge in [0.1, 0.15) is 0 Å². The van der Waals surface area contributed by atoms with Gasteiger partial charge in [-0.05, 0) is 12.0 Å². The summed E-state index contributed by atoms with van der Waals surface area (Å²) in [5, 5.41) is 7.53. The van der Waals surface area contributed by atoms with Crippen molar-refractivity contribution in [1.29, 1.82) is 0 Å². The molecular formula is C10H18N4. The summed E-state index contributed by atoms with van der Waals surface area (Å²) in [6, 6.07) is 0. The minimum Gasteiger partial charge on any atom is -0.314 e. The molecule has 1 fully saturated rings. The van der Waals surface area contributed by atoms with Crippen LogP contribution in [0.4, 0.5) is 0 Å². The van der Waals surface area contributed by atoms with E-state index in [-0.39, 0.29) is 0 Å². The summed E-state index contributed by atoms with van der Waals surface area (Å²) in [6.45, 7) is 5.79. The van der Waals surface area contributed by atoms with Gasteiger partial charge in [-0.25, -0.2) is 0 Å². The van der Waals surface area contributed by atoms with Crippen LogP contribution in [0.15, 0.2) is 12.4 Å². The highest BCUT2D eigenvalue weighted by Crippen LogP contribution is 2.00. The molecule has 0 unspecified atom stereocenters. The summed E-state index contributed by atoms with van der Waals surface area (Å²) in [7, 11) is 1.97. The largest absolute Gasteiger partial charge is 0.314 e. The van der Waals surface area contributed by atoms with E-state index in [1.807, 2.05) is 17.9 Å². The Morgan fingerprint density at radius 2 is 2.21 bits per heavy atom. The fourth-order valence-electron chi connectivity index (χ4n) is 1.82. The van der Waals surface area contributed by atoms with Crippen molar-refractivity contribution < 1.29 is 0 Å². The lowest BCUT2D eigenvalue weighted by atomic mass is 10.2. The van der Waals surface area contributed by atoms with Crippen LogP contribution in [-0.4, -0.2) is 47.4 Å². The van der Waals surface area contributed by atoms with Crippen LogP contribution in [0.1, 0.15) is 5.56 Å². The van der Waals surface area contributed by atoms with Gasteiger partial charge in [-0.15, -0.1) is 0 Å². The lowest BCUT2D eigenvalue weighted by molar-refractivity contribution is 0.244. The first-order chi connectivity index (χ1) is 6.84. The highest BCUT2D eigenvalue weighted by molar-refractivity contribution is 5.04. The molecular weight excluding hydrogens is 176 g/mol. The Labute approximate surface area is 84.9 Å². The number of aryl methyl sites for hydroxylation is 1. The smallest absolute Gasteiger partial charge is 0.0522 e. The zero-order chi connectivity index (χ0) is 9.80. The van der Waals surface area contributed by atoms with Gasteiger partial charge >= 0.3 is 0 Å². The van der Waals surface area contributed by atoms with E-state index in [0.717, 1.165) is 26.1 Å². The summed E-state index contributed by atoms with van der Waals surface area (Å²) in [5.74, 6) is 0. The predicted octanol–water partition coefficient (Wildman–Crippen LogP) is -0.132. The molecule has 0 saturated carbocycles. The normalized spacial score (nSPS) is 18.6. The lowest BCUT2D eigenvalue weighted by Crippen LogP contribution is -2.44. The van der Waals surface area contributed by atoms with Gasteiger partial charge < -0.3 is 10.2 Å². The van der Waals surface area contributed by atoms with Gasteiger partial charge in [0, 0.05) is 46.0 Å². The predicted molar refractivity (Wildman–Crippen MR) is 56.2 cm³/mol. The summed E-state index contributed by atoms with van der Waals surface area (Å²) >= 11 is 0. The molecule has 0 radical (unpaired) electrons. The maximum atomic E-state index is 4.17. The minimum absolute atomic E-state index is 1.12. The molecule has 2 rings (SSSR count). The average molecular weight is 194 g/mol. The number of nitrogens with one attached hydrogen (secondary N) is 1. The fraction of sp³-hybridized carbons (Fsp3) is 0.700. The van der Waals surface area contributed by atoms with Crippen molar-refractivity contribution in [2.75, 3.05) is 32.7 Å². The third-order valence-corrected chi connectivity index (χ3v) is 2.68. The van der Waals surface area contributed by atoms with Gasteiger partial charge in [-0.3, -0.25) is 4.68 Å². The van der Waals surface area contributed by atoms with Crippen molar-refractivity contribution in [2.45, 2.75) is 6.42 Å². The second-order valence-corrected chi connectivity index (χ2v) is 3.86. The van der Waals surface area contributed by atoms with Crippen LogP contribution in [0.2, 0.25) is 0 Å². The Kier molecular flexibility index (Phi) is 3.16. The van der Waals surface area contributed by atoms with Gasteiger partial charge in [0.2, 0.25) is 0 Å². The fourth-order valence-corrected chi connectivity index (χ4v) is 1.82. The van der Waals surface area contributed by atoms with Crippen molar-refractivity contribution >= 4 is 0 Å². The zero-order valence-corrected chi connectivity index (χ0v) is 8.74. The number of hydrogen-bond donors (Lipinski definition) is 1. The molecule has 14 heavy (non-hydrogen) atoms. The summed E-state index contributed by atoms with van der Waals surface area (Å²) in [6.07, 6.45) is 5.18. The van der Waals surface area contributed by atoms with Gasteiger partial charge in [0.25, 0.3) is 0 Å². The Hall–Kier alpha value is -0.870. The number of piperazine rings is 1. The van der Waals surface area contributed by atoms with E-state index in [4.69, 9.17) is 0 Å². The summed E-state index contributed by atoms with van der Waals surface area (Å²) in [4.78, 5) is 2.50. The molecule has 1 saturated heterocycles. The van der Waals surface area contributed by atoms with E-state index >= 15 is 0 Å². The number of hydrogen-bond acceptors (Lipinski definition) is 3. The van der Waals surface area contributed by atoms with Gasteiger partial charge in [0.05, 0.1) is 6.20 Å². The van der Waals surface area contributed by atoms with Crippen molar-refractivity contribution in [2.24, 2.45) is 7.05 Å². The number of nitrogens with zero attached hydrogens (tertiary/aromatic N) is 3. The first-order valence-corrected chi connectivity index (χ1v) is 5.25. The molecule has 1 aromatic heterocycles. The molecule has 1 N–H and O–H groups in total. The number of rotatable bonds is 3. The van der Waals surface area contributed by atoms with Crippen LogP contribution in [0.5, 0.6) is 0 Å². The molecule has 4 nitrogen and oxygen atoms in total. The quantitative estimate of drug-likeness (QED) is 0.727. The van der Waals surface area contributed by atoms with E-state index in [2.05, 4.69) is 21.5 Å². The van der Waals surface area contributed by atoms with Crippen LogP contribution in [-0.2, 0) is 13.5 Å². The SMILES string of the molecule is Cn1cc(CCN2CCNCC2)cn1. The molecule has 1 aliphatic rings. The van der Waals surface area contributed by atoms with Crippen molar-refractivity contribution in [3.8, 4) is 0 Å². The van der Waals surface area contributed by atoms with Crippen molar-refractivity contribution in [3.05, 3.63) is 18.0 Å². The van der Waals surface area contributed by atoms with Crippen molar-refractivity contribution in [3.63, 3.8) is 0 Å². The Morgan fingerprint density at radius 1 is 1.43 bits per heavy atom. The molecule has 1 aromatic rings. The monoisotopic (exact) mass is 194 g/mol. The molecule has 0 bridgehead atoms. The molecule has 0 atom stereocenters. The minimum atomic E-state index is 1.12. The Bertz CT molecular complexity index is 275. The summed E-state index contributed by atoms with van der Waals surface area (Å²) < 4.78 is 1.87. The molecule has 2 heterocycles. The highest BCUT2D eigenvalue weighted by Gasteiger charge is 2.09. The third kappa shape index (κ3) is 2.56. The molecule has 0 aromatic carbocycles. The second-order valence-electron chi connectivity index (χ2n) is 3.86. The van der Waals surface area contributed by atoms with Crippen LogP contribution < -0.4 is 5.32 Å². The van der Waals surface area contributed by atoms with Gasteiger partial charge in [-0.2, -0.15) is 5.10 Å².